The molecule has 2 amide bonds. The van der Waals surface area contributed by atoms with Crippen LogP contribution in [0.2, 0.25) is 0 Å². The number of carbonyl (C=O) groups excluding carboxylic acids is 3. The van der Waals surface area contributed by atoms with Crippen molar-refractivity contribution in [2.45, 2.75) is 13.5 Å². The minimum absolute atomic E-state index is 0.174. The van der Waals surface area contributed by atoms with Crippen molar-refractivity contribution in [1.29, 1.82) is 0 Å². The molecule has 7 nitrogen and oxygen atoms in total. The second-order valence-corrected chi connectivity index (χ2v) is 4.41. The first kappa shape index (κ1) is 13.0. The lowest BCUT2D eigenvalue weighted by Gasteiger charge is -2.11. The Morgan fingerprint density at radius 3 is 2.33 bits per heavy atom. The van der Waals surface area contributed by atoms with E-state index < -0.39 is 17.8 Å². The molecule has 106 valence electrons. The summed E-state index contributed by atoms with van der Waals surface area (Å²) in [6.45, 7) is 2.46. The molecule has 2 aromatic rings. The second-order valence-electron chi connectivity index (χ2n) is 4.41. The molecule has 0 radical (unpaired) electrons. The summed E-state index contributed by atoms with van der Waals surface area (Å²) in [4.78, 5) is 40.9. The van der Waals surface area contributed by atoms with Gasteiger partial charge in [-0.05, 0) is 19.1 Å². The summed E-state index contributed by atoms with van der Waals surface area (Å²) in [6.07, 6.45) is 2.81. The number of carbonyl (C=O) groups is 3. The van der Waals surface area contributed by atoms with Gasteiger partial charge in [0.2, 0.25) is 0 Å². The molecular weight excluding hydrogens is 274 g/mol. The molecule has 0 N–H and O–H groups in total. The van der Waals surface area contributed by atoms with Crippen LogP contribution < -0.4 is 0 Å². The van der Waals surface area contributed by atoms with Gasteiger partial charge in [0.15, 0.2) is 0 Å². The molecule has 0 atom stereocenters. The smallest absolute Gasteiger partial charge is 0.324 e. The van der Waals surface area contributed by atoms with Crippen molar-refractivity contribution in [2.75, 3.05) is 0 Å². The Bertz CT molecular complexity index is 715. The first-order valence-electron chi connectivity index (χ1n) is 6.34. The van der Waals surface area contributed by atoms with Gasteiger partial charge in [0, 0.05) is 12.7 Å². The molecule has 1 aromatic heterocycles. The van der Waals surface area contributed by atoms with Gasteiger partial charge in [-0.2, -0.15) is 5.10 Å². The monoisotopic (exact) mass is 285 g/mol. The SMILES string of the molecule is CCn1cc(C(=O)ON2C(=O)c3ccccc3C2=O)cn1. The van der Waals surface area contributed by atoms with Gasteiger partial charge in [-0.15, -0.1) is 0 Å². The zero-order valence-electron chi connectivity index (χ0n) is 11.1. The summed E-state index contributed by atoms with van der Waals surface area (Å²) < 4.78 is 1.54. The van der Waals surface area contributed by atoms with Crippen LogP contribution in [0.25, 0.3) is 0 Å². The van der Waals surface area contributed by atoms with Crippen LogP contribution in [0, 0.1) is 0 Å². The van der Waals surface area contributed by atoms with Crippen LogP contribution in [-0.4, -0.2) is 32.6 Å². The van der Waals surface area contributed by atoms with E-state index in [1.165, 1.54) is 24.5 Å². The number of aryl methyl sites for hydroxylation is 1. The zero-order chi connectivity index (χ0) is 15.0. The third-order valence-electron chi connectivity index (χ3n) is 3.12. The normalized spacial score (nSPS) is 13.5. The maximum Gasteiger partial charge on any atom is 0.367 e. The zero-order valence-corrected chi connectivity index (χ0v) is 11.1. The van der Waals surface area contributed by atoms with Crippen LogP contribution in [0.15, 0.2) is 36.7 Å². The molecule has 1 aromatic carbocycles. The third kappa shape index (κ3) is 2.08. The fourth-order valence-corrected chi connectivity index (χ4v) is 2.03. The summed E-state index contributed by atoms with van der Waals surface area (Å²) in [5.41, 5.74) is 0.618. The molecule has 0 saturated carbocycles. The molecule has 3 rings (SSSR count). The highest BCUT2D eigenvalue weighted by atomic mass is 16.7. The number of rotatable bonds is 3. The number of aromatic nitrogens is 2. The number of fused-ring (bicyclic) bond motifs is 1. The summed E-state index contributed by atoms with van der Waals surface area (Å²) in [5, 5.41) is 4.42. The lowest BCUT2D eigenvalue weighted by Crippen LogP contribution is -2.32. The summed E-state index contributed by atoms with van der Waals surface area (Å²) >= 11 is 0. The maximum atomic E-state index is 12.0. The Morgan fingerprint density at radius 1 is 1.19 bits per heavy atom. The van der Waals surface area contributed by atoms with Gasteiger partial charge in [0.1, 0.15) is 0 Å². The molecule has 0 bridgehead atoms. The number of imide groups is 1. The lowest BCUT2D eigenvalue weighted by molar-refractivity contribution is -0.0584. The Labute approximate surface area is 119 Å². The molecule has 1 aliphatic rings. The number of nitrogens with zero attached hydrogens (tertiary/aromatic N) is 3. The summed E-state index contributed by atoms with van der Waals surface area (Å²) in [6, 6.07) is 6.30. The predicted octanol–water partition coefficient (Wildman–Crippen LogP) is 1.27. The Hall–Kier alpha value is -2.96. The van der Waals surface area contributed by atoms with E-state index in [2.05, 4.69) is 5.10 Å². The van der Waals surface area contributed by atoms with E-state index in [0.29, 0.717) is 11.6 Å². The standard InChI is InChI=1S/C14H11N3O4/c1-2-16-8-9(7-15-16)14(20)21-17-12(18)10-5-3-4-6-11(10)13(17)19/h3-8H,2H2,1H3. The third-order valence-corrected chi connectivity index (χ3v) is 3.12. The molecule has 1 aliphatic heterocycles. The lowest BCUT2D eigenvalue weighted by atomic mass is 10.1. The van der Waals surface area contributed by atoms with E-state index in [1.54, 1.807) is 16.8 Å². The van der Waals surface area contributed by atoms with Crippen molar-refractivity contribution in [1.82, 2.24) is 14.8 Å². The number of hydrogen-bond acceptors (Lipinski definition) is 5. The molecule has 2 heterocycles. The van der Waals surface area contributed by atoms with Gasteiger partial charge < -0.3 is 4.84 Å². The number of hydrogen-bond donors (Lipinski definition) is 0. The number of benzene rings is 1. The molecule has 0 fully saturated rings. The first-order valence-corrected chi connectivity index (χ1v) is 6.34. The Balaban J connectivity index is 1.82. The van der Waals surface area contributed by atoms with Crippen molar-refractivity contribution in [3.8, 4) is 0 Å². The van der Waals surface area contributed by atoms with Crippen molar-refractivity contribution >= 4 is 17.8 Å². The summed E-state index contributed by atoms with van der Waals surface area (Å²) in [7, 11) is 0. The highest BCUT2D eigenvalue weighted by Gasteiger charge is 2.38. The van der Waals surface area contributed by atoms with Gasteiger partial charge in [-0.1, -0.05) is 17.2 Å². The number of hydroxylamine groups is 2. The second kappa shape index (κ2) is 4.86. The largest absolute Gasteiger partial charge is 0.367 e. The van der Waals surface area contributed by atoms with Crippen LogP contribution in [0.5, 0.6) is 0 Å². The molecular formula is C14H11N3O4. The van der Waals surface area contributed by atoms with E-state index in [0.717, 1.165) is 0 Å². The maximum absolute atomic E-state index is 12.0. The van der Waals surface area contributed by atoms with Gasteiger partial charge in [-0.3, -0.25) is 14.3 Å². The van der Waals surface area contributed by atoms with Crippen molar-refractivity contribution < 1.29 is 19.2 Å². The molecule has 0 spiro atoms. The number of amides is 2. The molecule has 0 unspecified atom stereocenters. The van der Waals surface area contributed by atoms with Gasteiger partial charge in [0.05, 0.1) is 22.9 Å². The minimum atomic E-state index is -0.802. The van der Waals surface area contributed by atoms with E-state index in [4.69, 9.17) is 4.84 Å². The molecule has 21 heavy (non-hydrogen) atoms. The van der Waals surface area contributed by atoms with E-state index in [-0.39, 0.29) is 16.7 Å². The van der Waals surface area contributed by atoms with Crippen LogP contribution in [0.1, 0.15) is 38.0 Å². The fourth-order valence-electron chi connectivity index (χ4n) is 2.03. The van der Waals surface area contributed by atoms with Crippen molar-refractivity contribution in [3.05, 3.63) is 53.3 Å². The van der Waals surface area contributed by atoms with E-state index in [9.17, 15) is 14.4 Å². The van der Waals surface area contributed by atoms with E-state index >= 15 is 0 Å². The topological polar surface area (TPSA) is 81.5 Å². The molecule has 7 heteroatoms. The van der Waals surface area contributed by atoms with Gasteiger partial charge >= 0.3 is 5.97 Å². The van der Waals surface area contributed by atoms with Gasteiger partial charge in [0.25, 0.3) is 11.8 Å². The Kier molecular flexibility index (Phi) is 3.02. The van der Waals surface area contributed by atoms with Crippen molar-refractivity contribution in [3.63, 3.8) is 0 Å². The van der Waals surface area contributed by atoms with Gasteiger partial charge in [-0.25, -0.2) is 4.79 Å². The summed E-state index contributed by atoms with van der Waals surface area (Å²) in [5.74, 6) is -2.09. The first-order chi connectivity index (χ1) is 10.1. The predicted molar refractivity (Wildman–Crippen MR) is 70.3 cm³/mol. The minimum Gasteiger partial charge on any atom is -0.324 e. The van der Waals surface area contributed by atoms with Crippen molar-refractivity contribution in [2.24, 2.45) is 0 Å². The van der Waals surface area contributed by atoms with Crippen LogP contribution in [-0.2, 0) is 11.4 Å². The van der Waals surface area contributed by atoms with E-state index in [1.807, 2.05) is 6.92 Å². The molecule has 0 saturated heterocycles. The Morgan fingerprint density at radius 2 is 1.81 bits per heavy atom. The average Bonchev–Trinajstić information content (AvgIpc) is 3.07. The fraction of sp³-hybridized carbons (Fsp3) is 0.143. The van der Waals surface area contributed by atoms with Crippen LogP contribution in [0.3, 0.4) is 0 Å². The van der Waals surface area contributed by atoms with Crippen LogP contribution in [0.4, 0.5) is 0 Å². The average molecular weight is 285 g/mol. The molecule has 0 aliphatic carbocycles. The highest BCUT2D eigenvalue weighted by Crippen LogP contribution is 2.23. The quantitative estimate of drug-likeness (QED) is 0.793. The van der Waals surface area contributed by atoms with Crippen LogP contribution >= 0.6 is 0 Å². The highest BCUT2D eigenvalue weighted by molar-refractivity contribution is 6.21.